The lowest BCUT2D eigenvalue weighted by Gasteiger charge is -2.13. The lowest BCUT2D eigenvalue weighted by molar-refractivity contribution is -0.122. The number of thioether (sulfide) groups is 1. The molecule has 0 spiro atoms. The van der Waals surface area contributed by atoms with Gasteiger partial charge in [-0.05, 0) is 98.6 Å². The van der Waals surface area contributed by atoms with Crippen LogP contribution < -0.4 is 4.74 Å². The number of aromatic carboxylic acids is 1. The standard InChI is InChI=1S/C26H19Br2ClN2O4S/c1-2-31-24(32)22(36-26(31)30-18-8-5-7-16(13-18)25(33)34)12-15-10-19(27)23(20(28)11-15)35-14-17-6-3-4-9-21(17)29/h3-13H,2,14H2,1H3,(H,33,34)/b22-12-,30-26?. The Morgan fingerprint density at radius 1 is 1.14 bits per heavy atom. The number of carbonyl (C=O) groups is 2. The predicted octanol–water partition coefficient (Wildman–Crippen LogP) is 7.77. The number of benzene rings is 3. The van der Waals surface area contributed by atoms with Gasteiger partial charge in [-0.1, -0.05) is 35.9 Å². The van der Waals surface area contributed by atoms with Crippen molar-refractivity contribution in [2.75, 3.05) is 6.54 Å². The van der Waals surface area contributed by atoms with E-state index in [1.165, 1.54) is 23.9 Å². The fraction of sp³-hybridized carbons (Fsp3) is 0.115. The number of amidine groups is 1. The van der Waals surface area contributed by atoms with Gasteiger partial charge in [0.2, 0.25) is 0 Å². The van der Waals surface area contributed by atoms with Crippen LogP contribution in [0.4, 0.5) is 5.69 Å². The summed E-state index contributed by atoms with van der Waals surface area (Å²) in [6.45, 7) is 2.60. The summed E-state index contributed by atoms with van der Waals surface area (Å²) in [6, 6.07) is 17.5. The van der Waals surface area contributed by atoms with Crippen LogP contribution in [0.5, 0.6) is 5.75 Å². The van der Waals surface area contributed by atoms with Crippen molar-refractivity contribution in [2.45, 2.75) is 13.5 Å². The SMILES string of the molecule is CCN1C(=O)/C(=C/c2cc(Br)c(OCc3ccccc3Cl)c(Br)c2)SC1=Nc1cccc(C(=O)O)c1. The van der Waals surface area contributed by atoms with Gasteiger partial charge < -0.3 is 9.84 Å². The zero-order valence-corrected chi connectivity index (χ0v) is 23.6. The van der Waals surface area contributed by atoms with Crippen molar-refractivity contribution in [3.8, 4) is 5.75 Å². The predicted molar refractivity (Wildman–Crippen MR) is 151 cm³/mol. The van der Waals surface area contributed by atoms with Crippen LogP contribution in [0.15, 0.2) is 79.5 Å². The Labute approximate surface area is 234 Å². The molecular weight excluding hydrogens is 632 g/mol. The second-order valence-electron chi connectivity index (χ2n) is 7.60. The quantitative estimate of drug-likeness (QED) is 0.265. The van der Waals surface area contributed by atoms with Gasteiger partial charge in [-0.2, -0.15) is 0 Å². The van der Waals surface area contributed by atoms with Gasteiger partial charge in [-0.3, -0.25) is 9.69 Å². The van der Waals surface area contributed by atoms with Gasteiger partial charge in [0.25, 0.3) is 5.91 Å². The van der Waals surface area contributed by atoms with Crippen LogP contribution in [0.3, 0.4) is 0 Å². The number of carbonyl (C=O) groups excluding carboxylic acids is 1. The number of hydrogen-bond acceptors (Lipinski definition) is 5. The molecule has 36 heavy (non-hydrogen) atoms. The molecule has 184 valence electrons. The summed E-state index contributed by atoms with van der Waals surface area (Å²) in [7, 11) is 0. The third-order valence-electron chi connectivity index (χ3n) is 5.17. The first-order valence-corrected chi connectivity index (χ1v) is 13.5. The first-order valence-electron chi connectivity index (χ1n) is 10.8. The highest BCUT2D eigenvalue weighted by atomic mass is 79.9. The molecule has 1 N–H and O–H groups in total. The van der Waals surface area contributed by atoms with E-state index in [9.17, 15) is 14.7 Å². The van der Waals surface area contributed by atoms with Crippen LogP contribution in [0.2, 0.25) is 5.02 Å². The first kappa shape index (κ1) is 26.5. The van der Waals surface area contributed by atoms with Crippen LogP contribution in [0.1, 0.15) is 28.4 Å². The molecule has 3 aromatic rings. The highest BCUT2D eigenvalue weighted by molar-refractivity contribution is 9.11. The van der Waals surface area contributed by atoms with Gasteiger partial charge in [0, 0.05) is 17.1 Å². The second-order valence-corrected chi connectivity index (χ2v) is 10.7. The average Bonchev–Trinajstić information content (AvgIpc) is 3.13. The summed E-state index contributed by atoms with van der Waals surface area (Å²) < 4.78 is 7.43. The van der Waals surface area contributed by atoms with E-state index >= 15 is 0 Å². The minimum Gasteiger partial charge on any atom is -0.486 e. The van der Waals surface area contributed by atoms with E-state index in [-0.39, 0.29) is 11.5 Å². The number of ether oxygens (including phenoxy) is 1. The van der Waals surface area contributed by atoms with Crippen molar-refractivity contribution in [2.24, 2.45) is 4.99 Å². The summed E-state index contributed by atoms with van der Waals surface area (Å²) in [6.07, 6.45) is 1.79. The molecule has 0 atom stereocenters. The molecule has 0 radical (unpaired) electrons. The van der Waals surface area contributed by atoms with Gasteiger partial charge >= 0.3 is 5.97 Å². The largest absolute Gasteiger partial charge is 0.486 e. The summed E-state index contributed by atoms with van der Waals surface area (Å²) >= 11 is 14.6. The van der Waals surface area contributed by atoms with E-state index in [4.69, 9.17) is 16.3 Å². The van der Waals surface area contributed by atoms with Crippen molar-refractivity contribution < 1.29 is 19.4 Å². The Morgan fingerprint density at radius 3 is 2.53 bits per heavy atom. The number of carboxylic acids is 1. The van der Waals surface area contributed by atoms with Crippen LogP contribution in [0, 0.1) is 0 Å². The third kappa shape index (κ3) is 6.03. The fourth-order valence-electron chi connectivity index (χ4n) is 3.41. The zero-order chi connectivity index (χ0) is 25.8. The molecule has 6 nitrogen and oxygen atoms in total. The molecule has 1 fully saturated rings. The van der Waals surface area contributed by atoms with Crippen molar-refractivity contribution in [1.29, 1.82) is 0 Å². The molecule has 0 aliphatic carbocycles. The van der Waals surface area contributed by atoms with Gasteiger partial charge in [0.15, 0.2) is 5.17 Å². The normalized spacial score (nSPS) is 15.7. The van der Waals surface area contributed by atoms with E-state index in [2.05, 4.69) is 36.9 Å². The van der Waals surface area contributed by atoms with Crippen LogP contribution in [0.25, 0.3) is 6.08 Å². The maximum absolute atomic E-state index is 13.0. The topological polar surface area (TPSA) is 79.2 Å². The molecule has 10 heteroatoms. The Hall–Kier alpha value is -2.59. The fourth-order valence-corrected chi connectivity index (χ4v) is 6.11. The number of hydrogen-bond donors (Lipinski definition) is 1. The number of likely N-dealkylation sites (N-methyl/N-ethyl adjacent to an activating group) is 1. The number of aliphatic imine (C=N–C) groups is 1. The molecule has 1 saturated heterocycles. The molecule has 0 unspecified atom stereocenters. The summed E-state index contributed by atoms with van der Waals surface area (Å²) in [5, 5.41) is 10.4. The van der Waals surface area contributed by atoms with Crippen molar-refractivity contribution in [3.63, 3.8) is 0 Å². The number of carboxylic acid groups (broad SMARTS) is 1. The Bertz CT molecular complexity index is 1390. The van der Waals surface area contributed by atoms with Gasteiger partial charge in [-0.15, -0.1) is 0 Å². The zero-order valence-electron chi connectivity index (χ0n) is 18.9. The molecular formula is C26H19Br2ClN2O4S. The smallest absolute Gasteiger partial charge is 0.335 e. The van der Waals surface area contributed by atoms with Crippen molar-refractivity contribution >= 4 is 84.0 Å². The molecule has 4 rings (SSSR count). The maximum Gasteiger partial charge on any atom is 0.335 e. The van der Waals surface area contributed by atoms with Crippen LogP contribution in [-0.2, 0) is 11.4 Å². The molecule has 1 aliphatic heterocycles. The van der Waals surface area contributed by atoms with Crippen LogP contribution in [-0.4, -0.2) is 33.6 Å². The monoisotopic (exact) mass is 648 g/mol. The number of rotatable bonds is 7. The summed E-state index contributed by atoms with van der Waals surface area (Å²) in [5.41, 5.74) is 2.27. The molecule has 1 amide bonds. The van der Waals surface area contributed by atoms with Gasteiger partial charge in [0.1, 0.15) is 12.4 Å². The molecule has 0 bridgehead atoms. The Balaban J connectivity index is 1.58. The molecule has 1 heterocycles. The number of halogens is 3. The molecule has 0 saturated carbocycles. The van der Waals surface area contributed by atoms with Gasteiger partial charge in [-0.25, -0.2) is 9.79 Å². The van der Waals surface area contributed by atoms with Crippen LogP contribution >= 0.6 is 55.2 Å². The lowest BCUT2D eigenvalue weighted by Crippen LogP contribution is -2.28. The minimum atomic E-state index is -1.03. The number of nitrogens with zero attached hydrogens (tertiary/aromatic N) is 2. The average molecular weight is 651 g/mol. The third-order valence-corrected chi connectivity index (χ3v) is 7.72. The Morgan fingerprint density at radius 2 is 1.86 bits per heavy atom. The molecule has 3 aromatic carbocycles. The van der Waals surface area contributed by atoms with Crippen molar-refractivity contribution in [3.05, 3.63) is 96.2 Å². The summed E-state index contributed by atoms with van der Waals surface area (Å²) in [5.74, 6) is -0.573. The second kappa shape index (κ2) is 11.6. The number of amides is 1. The molecule has 1 aliphatic rings. The lowest BCUT2D eigenvalue weighted by atomic mass is 10.2. The van der Waals surface area contributed by atoms with E-state index in [0.717, 1.165) is 20.1 Å². The summed E-state index contributed by atoms with van der Waals surface area (Å²) in [4.78, 5) is 30.9. The van der Waals surface area contributed by atoms with E-state index in [1.54, 1.807) is 23.1 Å². The van der Waals surface area contributed by atoms with E-state index in [1.807, 2.05) is 43.3 Å². The highest BCUT2D eigenvalue weighted by Gasteiger charge is 2.32. The minimum absolute atomic E-state index is 0.136. The Kier molecular flexibility index (Phi) is 8.56. The molecule has 0 aromatic heterocycles. The van der Waals surface area contributed by atoms with E-state index < -0.39 is 5.97 Å². The van der Waals surface area contributed by atoms with E-state index in [0.29, 0.717) is 39.7 Å². The van der Waals surface area contributed by atoms with Gasteiger partial charge in [0.05, 0.1) is 25.1 Å². The maximum atomic E-state index is 13.0. The highest BCUT2D eigenvalue weighted by Crippen LogP contribution is 2.39. The first-order chi connectivity index (χ1) is 17.3. The van der Waals surface area contributed by atoms with Crippen molar-refractivity contribution in [1.82, 2.24) is 4.90 Å².